The molecule has 1 aromatic carbocycles. The molecule has 4 nitrogen and oxygen atoms in total. The zero-order valence-corrected chi connectivity index (χ0v) is 11.1. The Morgan fingerprint density at radius 3 is 2.63 bits per heavy atom. The number of Topliss-reactive ketones (excluding diaryl/α,β-unsaturated/α-hetero) is 1. The van der Waals surface area contributed by atoms with E-state index in [9.17, 15) is 9.59 Å². The molecule has 1 aliphatic carbocycles. The van der Waals surface area contributed by atoms with Gasteiger partial charge in [0, 0.05) is 6.04 Å². The van der Waals surface area contributed by atoms with Crippen LogP contribution in [0.1, 0.15) is 43.0 Å². The van der Waals surface area contributed by atoms with Crippen molar-refractivity contribution in [2.45, 2.75) is 38.6 Å². The van der Waals surface area contributed by atoms with Gasteiger partial charge in [-0.15, -0.1) is 0 Å². The fourth-order valence-corrected chi connectivity index (χ4v) is 2.37. The first kappa shape index (κ1) is 13.6. The summed E-state index contributed by atoms with van der Waals surface area (Å²) in [5.41, 5.74) is 0.510. The van der Waals surface area contributed by atoms with Gasteiger partial charge in [-0.2, -0.15) is 0 Å². The van der Waals surface area contributed by atoms with Gasteiger partial charge in [0.05, 0.1) is 5.56 Å². The number of benzene rings is 1. The van der Waals surface area contributed by atoms with Crippen molar-refractivity contribution in [3.63, 3.8) is 0 Å². The lowest BCUT2D eigenvalue weighted by molar-refractivity contribution is -0.123. The third kappa shape index (κ3) is 3.81. The molecule has 0 aliphatic heterocycles. The van der Waals surface area contributed by atoms with E-state index in [0.29, 0.717) is 17.4 Å². The number of ether oxygens (including phenoxy) is 1. The van der Waals surface area contributed by atoms with Crippen LogP contribution in [0.4, 0.5) is 0 Å². The molecule has 0 radical (unpaired) electrons. The predicted octanol–water partition coefficient (Wildman–Crippen LogP) is 2.33. The minimum absolute atomic E-state index is 0.0409. The molecule has 0 aromatic heterocycles. The third-order valence-electron chi connectivity index (χ3n) is 3.35. The van der Waals surface area contributed by atoms with Gasteiger partial charge in [-0.05, 0) is 31.9 Å². The smallest absolute Gasteiger partial charge is 0.258 e. The SMILES string of the molecule is CC(=O)c1ccccc1OCC(=O)NC1CCCC1. The van der Waals surface area contributed by atoms with Crippen LogP contribution in [-0.2, 0) is 4.79 Å². The summed E-state index contributed by atoms with van der Waals surface area (Å²) < 4.78 is 5.44. The van der Waals surface area contributed by atoms with Crippen molar-refractivity contribution in [3.8, 4) is 5.75 Å². The summed E-state index contributed by atoms with van der Waals surface area (Å²) in [7, 11) is 0. The van der Waals surface area contributed by atoms with Gasteiger partial charge in [-0.25, -0.2) is 0 Å². The monoisotopic (exact) mass is 261 g/mol. The Morgan fingerprint density at radius 2 is 1.95 bits per heavy atom. The van der Waals surface area contributed by atoms with E-state index in [1.165, 1.54) is 19.8 Å². The molecule has 1 fully saturated rings. The largest absolute Gasteiger partial charge is 0.483 e. The summed E-state index contributed by atoms with van der Waals surface area (Å²) >= 11 is 0. The topological polar surface area (TPSA) is 55.4 Å². The molecular formula is C15H19NO3. The highest BCUT2D eigenvalue weighted by atomic mass is 16.5. The molecule has 1 amide bonds. The fourth-order valence-electron chi connectivity index (χ4n) is 2.37. The number of hydrogen-bond acceptors (Lipinski definition) is 3. The Labute approximate surface area is 113 Å². The van der Waals surface area contributed by atoms with Crippen molar-refractivity contribution in [3.05, 3.63) is 29.8 Å². The van der Waals surface area contributed by atoms with E-state index >= 15 is 0 Å². The Balaban J connectivity index is 1.87. The first-order valence-electron chi connectivity index (χ1n) is 6.69. The first-order chi connectivity index (χ1) is 9.16. The Kier molecular flexibility index (Phi) is 4.55. The van der Waals surface area contributed by atoms with Gasteiger partial charge in [0.1, 0.15) is 5.75 Å². The number of rotatable bonds is 5. The van der Waals surface area contributed by atoms with E-state index in [4.69, 9.17) is 4.74 Å². The van der Waals surface area contributed by atoms with Crippen molar-refractivity contribution in [1.29, 1.82) is 0 Å². The van der Waals surface area contributed by atoms with Crippen LogP contribution in [0, 0.1) is 0 Å². The molecule has 0 heterocycles. The standard InChI is InChI=1S/C15H19NO3/c1-11(17)13-8-4-5-9-14(13)19-10-15(18)16-12-6-2-3-7-12/h4-5,8-9,12H,2-3,6-7,10H2,1H3,(H,16,18). The molecule has 0 spiro atoms. The van der Waals surface area contributed by atoms with Crippen molar-refractivity contribution in [2.24, 2.45) is 0 Å². The normalized spacial score (nSPS) is 15.2. The van der Waals surface area contributed by atoms with Gasteiger partial charge in [0.2, 0.25) is 0 Å². The second-order valence-corrected chi connectivity index (χ2v) is 4.89. The van der Waals surface area contributed by atoms with Crippen LogP contribution in [0.15, 0.2) is 24.3 Å². The second kappa shape index (κ2) is 6.36. The summed E-state index contributed by atoms with van der Waals surface area (Å²) in [6.45, 7) is 1.45. The van der Waals surface area contributed by atoms with Crippen LogP contribution in [0.2, 0.25) is 0 Å². The number of amides is 1. The molecule has 1 aliphatic rings. The predicted molar refractivity (Wildman–Crippen MR) is 72.3 cm³/mol. The van der Waals surface area contributed by atoms with Gasteiger partial charge in [0.15, 0.2) is 12.4 Å². The van der Waals surface area contributed by atoms with Gasteiger partial charge in [0.25, 0.3) is 5.91 Å². The summed E-state index contributed by atoms with van der Waals surface area (Å²) in [6.07, 6.45) is 4.46. The van der Waals surface area contributed by atoms with Crippen molar-refractivity contribution >= 4 is 11.7 Å². The van der Waals surface area contributed by atoms with Crippen LogP contribution in [0.3, 0.4) is 0 Å². The van der Waals surface area contributed by atoms with E-state index < -0.39 is 0 Å². The summed E-state index contributed by atoms with van der Waals surface area (Å²) in [6, 6.07) is 7.27. The minimum atomic E-state index is -0.120. The molecule has 0 atom stereocenters. The molecule has 19 heavy (non-hydrogen) atoms. The van der Waals surface area contributed by atoms with E-state index in [-0.39, 0.29) is 18.3 Å². The molecule has 0 saturated heterocycles. The van der Waals surface area contributed by atoms with E-state index in [0.717, 1.165) is 12.8 Å². The Bertz CT molecular complexity index is 464. The van der Waals surface area contributed by atoms with Crippen molar-refractivity contribution in [2.75, 3.05) is 6.61 Å². The van der Waals surface area contributed by atoms with E-state index in [2.05, 4.69) is 5.32 Å². The zero-order valence-electron chi connectivity index (χ0n) is 11.1. The highest BCUT2D eigenvalue weighted by Gasteiger charge is 2.17. The number of carbonyl (C=O) groups excluding carboxylic acids is 2. The molecule has 1 aromatic rings. The van der Waals surface area contributed by atoms with E-state index in [1.807, 2.05) is 0 Å². The second-order valence-electron chi connectivity index (χ2n) is 4.89. The zero-order chi connectivity index (χ0) is 13.7. The maximum atomic E-state index is 11.7. The molecule has 4 heteroatoms. The quantitative estimate of drug-likeness (QED) is 0.828. The third-order valence-corrected chi connectivity index (χ3v) is 3.35. The van der Waals surface area contributed by atoms with Gasteiger partial charge < -0.3 is 10.1 Å². The maximum absolute atomic E-state index is 11.7. The van der Waals surface area contributed by atoms with Crippen LogP contribution >= 0.6 is 0 Å². The summed E-state index contributed by atoms with van der Waals surface area (Å²) in [5.74, 6) is 0.286. The number of hydrogen-bond donors (Lipinski definition) is 1. The average Bonchev–Trinajstić information content (AvgIpc) is 2.89. The number of nitrogens with one attached hydrogen (secondary N) is 1. The summed E-state index contributed by atoms with van der Waals surface area (Å²) in [5, 5.41) is 2.95. The first-order valence-corrected chi connectivity index (χ1v) is 6.69. The van der Waals surface area contributed by atoms with Crippen LogP contribution in [-0.4, -0.2) is 24.3 Å². The Morgan fingerprint density at radius 1 is 1.26 bits per heavy atom. The van der Waals surface area contributed by atoms with Gasteiger partial charge in [-0.3, -0.25) is 9.59 Å². The maximum Gasteiger partial charge on any atom is 0.258 e. The molecular weight excluding hydrogens is 242 g/mol. The Hall–Kier alpha value is -1.84. The van der Waals surface area contributed by atoms with Gasteiger partial charge >= 0.3 is 0 Å². The number of ketones is 1. The van der Waals surface area contributed by atoms with Crippen molar-refractivity contribution < 1.29 is 14.3 Å². The lowest BCUT2D eigenvalue weighted by Gasteiger charge is -2.13. The molecule has 2 rings (SSSR count). The number of carbonyl (C=O) groups is 2. The van der Waals surface area contributed by atoms with E-state index in [1.54, 1.807) is 24.3 Å². The van der Waals surface area contributed by atoms with Gasteiger partial charge in [-0.1, -0.05) is 25.0 Å². The van der Waals surface area contributed by atoms with Crippen LogP contribution < -0.4 is 10.1 Å². The number of para-hydroxylation sites is 1. The summed E-state index contributed by atoms with van der Waals surface area (Å²) in [4.78, 5) is 23.1. The highest BCUT2D eigenvalue weighted by molar-refractivity contribution is 5.96. The molecule has 102 valence electrons. The minimum Gasteiger partial charge on any atom is -0.483 e. The van der Waals surface area contributed by atoms with Crippen LogP contribution in [0.5, 0.6) is 5.75 Å². The lowest BCUT2D eigenvalue weighted by atomic mass is 10.1. The molecule has 0 unspecified atom stereocenters. The molecule has 1 saturated carbocycles. The lowest BCUT2D eigenvalue weighted by Crippen LogP contribution is -2.36. The van der Waals surface area contributed by atoms with Crippen molar-refractivity contribution in [1.82, 2.24) is 5.32 Å². The fraction of sp³-hybridized carbons (Fsp3) is 0.467. The molecule has 0 bridgehead atoms. The molecule has 1 N–H and O–H groups in total. The van der Waals surface area contributed by atoms with Crippen LogP contribution in [0.25, 0.3) is 0 Å². The highest BCUT2D eigenvalue weighted by Crippen LogP contribution is 2.19. The average molecular weight is 261 g/mol.